The van der Waals surface area contributed by atoms with Crippen molar-refractivity contribution in [2.24, 2.45) is 47.3 Å². The monoisotopic (exact) mass is 682 g/mol. The Morgan fingerprint density at radius 1 is 0.469 bits per heavy atom. The van der Waals surface area contributed by atoms with Gasteiger partial charge in [-0.05, 0) is 160 Å². The van der Waals surface area contributed by atoms with Crippen molar-refractivity contribution in [3.05, 3.63) is 70.8 Å². The van der Waals surface area contributed by atoms with E-state index in [1.807, 2.05) is 0 Å². The van der Waals surface area contributed by atoms with Crippen LogP contribution in [0.15, 0.2) is 36.4 Å². The average Bonchev–Trinajstić information content (AvgIpc) is 3.13. The molecule has 0 bridgehead atoms. The van der Waals surface area contributed by atoms with Gasteiger partial charge in [0.15, 0.2) is 23.3 Å². The van der Waals surface area contributed by atoms with Crippen LogP contribution in [-0.4, -0.2) is 0 Å². The molecule has 4 saturated carbocycles. The molecule has 0 aromatic heterocycles. The van der Waals surface area contributed by atoms with Gasteiger partial charge in [-0.2, -0.15) is 0 Å². The van der Waals surface area contributed by atoms with Crippen LogP contribution < -0.4 is 0 Å². The van der Waals surface area contributed by atoms with Gasteiger partial charge in [0.05, 0.1) is 12.2 Å². The molecule has 1 nitrogen and oxygen atoms in total. The number of benzene rings is 2. The largest absolute Gasteiger partial charge is 0.365 e. The molecule has 2 aromatic rings. The van der Waals surface area contributed by atoms with Gasteiger partial charge in [-0.1, -0.05) is 77.3 Å². The van der Waals surface area contributed by atoms with E-state index in [1.54, 1.807) is 12.1 Å². The number of hydrogen-bond donors (Lipinski definition) is 0. The summed E-state index contributed by atoms with van der Waals surface area (Å²) in [6, 6.07) is 8.42. The molecule has 0 spiro atoms. The molecule has 49 heavy (non-hydrogen) atoms. The minimum absolute atomic E-state index is 0.167. The molecule has 272 valence electrons. The SMILES string of the molecule is CCC[C@H]1CC[C@H]([C@H]2CC[C@H](C(OC(c3ccc(F)c(F)c3)[C@H]3CC[C@H]([C@H]4CC[C@H](CCC)CC4)CC3)c3ccc(F)c(F)c3)CC2)CC1. The number of halogens is 4. The lowest BCUT2D eigenvalue weighted by Gasteiger charge is -2.43. The fraction of sp³-hybridized carbons (Fsp3) is 0.727. The van der Waals surface area contributed by atoms with Crippen LogP contribution in [0.5, 0.6) is 0 Å². The normalized spacial score (nSPS) is 32.4. The molecule has 0 saturated heterocycles. The zero-order valence-electron chi connectivity index (χ0n) is 30.3. The van der Waals surface area contributed by atoms with Crippen molar-refractivity contribution in [1.82, 2.24) is 0 Å². The summed E-state index contributed by atoms with van der Waals surface area (Å²) in [5, 5.41) is 0. The molecular formula is C44H62F4O. The smallest absolute Gasteiger partial charge is 0.159 e. The molecule has 0 amide bonds. The van der Waals surface area contributed by atoms with Gasteiger partial charge < -0.3 is 4.74 Å². The van der Waals surface area contributed by atoms with Crippen LogP contribution in [0.25, 0.3) is 0 Å². The highest BCUT2D eigenvalue weighted by Gasteiger charge is 2.39. The minimum atomic E-state index is -0.859. The molecule has 2 aromatic carbocycles. The second-order valence-corrected chi connectivity index (χ2v) is 16.8. The lowest BCUT2D eigenvalue weighted by Crippen LogP contribution is -2.31. The van der Waals surface area contributed by atoms with E-state index in [-0.39, 0.29) is 11.8 Å². The van der Waals surface area contributed by atoms with Crippen LogP contribution in [0, 0.1) is 70.6 Å². The summed E-state index contributed by atoms with van der Waals surface area (Å²) in [5.74, 6) is 1.72. The molecule has 4 aliphatic carbocycles. The van der Waals surface area contributed by atoms with Gasteiger partial charge in [0, 0.05) is 0 Å². The van der Waals surface area contributed by atoms with Gasteiger partial charge >= 0.3 is 0 Å². The average molecular weight is 683 g/mol. The predicted octanol–water partition coefficient (Wildman–Crippen LogP) is 13.9. The van der Waals surface area contributed by atoms with E-state index in [0.717, 1.165) is 86.9 Å². The summed E-state index contributed by atoms with van der Waals surface area (Å²) >= 11 is 0. The molecule has 2 unspecified atom stereocenters. The van der Waals surface area contributed by atoms with Crippen molar-refractivity contribution in [3.63, 3.8) is 0 Å². The van der Waals surface area contributed by atoms with Crippen molar-refractivity contribution < 1.29 is 22.3 Å². The maximum absolute atomic E-state index is 14.8. The molecule has 4 aliphatic rings. The predicted molar refractivity (Wildman–Crippen MR) is 191 cm³/mol. The molecule has 0 N–H and O–H groups in total. The summed E-state index contributed by atoms with van der Waals surface area (Å²) in [5.41, 5.74) is 1.32. The Bertz CT molecular complexity index is 1200. The van der Waals surface area contributed by atoms with Crippen molar-refractivity contribution in [2.75, 3.05) is 0 Å². The minimum Gasteiger partial charge on any atom is -0.365 e. The Morgan fingerprint density at radius 2 is 0.796 bits per heavy atom. The molecule has 2 atom stereocenters. The molecule has 4 fully saturated rings. The van der Waals surface area contributed by atoms with Crippen molar-refractivity contribution in [1.29, 1.82) is 0 Å². The first-order valence-corrected chi connectivity index (χ1v) is 20.4. The van der Waals surface area contributed by atoms with Gasteiger partial charge in [-0.3, -0.25) is 0 Å². The van der Waals surface area contributed by atoms with E-state index >= 15 is 0 Å². The van der Waals surface area contributed by atoms with Crippen molar-refractivity contribution in [3.8, 4) is 0 Å². The van der Waals surface area contributed by atoms with Crippen LogP contribution in [0.2, 0.25) is 0 Å². The van der Waals surface area contributed by atoms with Crippen molar-refractivity contribution >= 4 is 0 Å². The van der Waals surface area contributed by atoms with E-state index in [0.29, 0.717) is 11.1 Å². The molecule has 5 heteroatoms. The highest BCUT2D eigenvalue weighted by Crippen LogP contribution is 2.50. The maximum Gasteiger partial charge on any atom is 0.159 e. The summed E-state index contributed by atoms with van der Waals surface area (Å²) < 4.78 is 65.1. The third kappa shape index (κ3) is 9.32. The van der Waals surface area contributed by atoms with E-state index in [9.17, 15) is 17.6 Å². The van der Waals surface area contributed by atoms with Crippen LogP contribution in [0.1, 0.15) is 166 Å². The fourth-order valence-corrected chi connectivity index (χ4v) is 11.0. The van der Waals surface area contributed by atoms with Gasteiger partial charge in [0.2, 0.25) is 0 Å². The van der Waals surface area contributed by atoms with Crippen LogP contribution in [0.3, 0.4) is 0 Å². The maximum atomic E-state index is 14.8. The Morgan fingerprint density at radius 3 is 1.10 bits per heavy atom. The second kappa shape index (κ2) is 17.6. The molecule has 0 heterocycles. The van der Waals surface area contributed by atoms with E-state index in [4.69, 9.17) is 4.74 Å². The van der Waals surface area contributed by atoms with Gasteiger partial charge in [-0.25, -0.2) is 17.6 Å². The standard InChI is InChI=1S/C44H62F4O/c1-3-5-29-7-11-31(12-8-29)33-15-19-35(20-16-33)43(37-23-25-39(45)41(47)27-37)49-44(38-24-26-40(46)42(48)28-38)36-21-17-34(18-22-36)32-13-9-30(6-4-2)10-14-32/h23-36,43-44H,3-22H2,1-2H3/t29-,30-,31-,32-,33-,34-,35-,36-,43?,44?. The number of ether oxygens (including phenoxy) is 1. The third-order valence-electron chi connectivity index (χ3n) is 13.8. The molecule has 6 rings (SSSR count). The number of rotatable bonds is 12. The van der Waals surface area contributed by atoms with E-state index in [1.165, 1.54) is 101 Å². The first kappa shape index (κ1) is 36.9. The Labute approximate surface area is 294 Å². The second-order valence-electron chi connectivity index (χ2n) is 16.8. The first-order valence-electron chi connectivity index (χ1n) is 20.4. The third-order valence-corrected chi connectivity index (χ3v) is 13.8. The fourth-order valence-electron chi connectivity index (χ4n) is 11.0. The topological polar surface area (TPSA) is 9.23 Å². The summed E-state index contributed by atoms with van der Waals surface area (Å²) in [7, 11) is 0. The zero-order valence-corrected chi connectivity index (χ0v) is 30.3. The summed E-state index contributed by atoms with van der Waals surface area (Å²) in [6.07, 6.45) is 23.7. The van der Waals surface area contributed by atoms with Gasteiger partial charge in [-0.15, -0.1) is 0 Å². The Kier molecular flexibility index (Phi) is 13.2. The zero-order chi connectivity index (χ0) is 34.3. The Balaban J connectivity index is 1.18. The van der Waals surface area contributed by atoms with Gasteiger partial charge in [0.25, 0.3) is 0 Å². The lowest BCUT2D eigenvalue weighted by atomic mass is 9.67. The summed E-state index contributed by atoms with van der Waals surface area (Å²) in [6.45, 7) is 4.58. The van der Waals surface area contributed by atoms with Crippen LogP contribution in [0.4, 0.5) is 17.6 Å². The van der Waals surface area contributed by atoms with E-state index < -0.39 is 35.5 Å². The van der Waals surface area contributed by atoms with Crippen LogP contribution in [-0.2, 0) is 4.74 Å². The molecule has 0 radical (unpaired) electrons. The first-order chi connectivity index (χ1) is 23.8. The Hall–Kier alpha value is -1.88. The highest BCUT2D eigenvalue weighted by atomic mass is 19.2. The highest BCUT2D eigenvalue weighted by molar-refractivity contribution is 5.24. The van der Waals surface area contributed by atoms with Gasteiger partial charge in [0.1, 0.15) is 0 Å². The molecule has 0 aliphatic heterocycles. The summed E-state index contributed by atoms with van der Waals surface area (Å²) in [4.78, 5) is 0. The molecular weight excluding hydrogens is 620 g/mol. The quantitative estimate of drug-likeness (QED) is 0.203. The lowest BCUT2D eigenvalue weighted by molar-refractivity contribution is -0.0937. The van der Waals surface area contributed by atoms with Crippen molar-refractivity contribution in [2.45, 2.75) is 154 Å². The number of hydrogen-bond acceptors (Lipinski definition) is 1. The van der Waals surface area contributed by atoms with Crippen LogP contribution >= 0.6 is 0 Å². The van der Waals surface area contributed by atoms with E-state index in [2.05, 4.69) is 13.8 Å².